The number of aliphatic carboxylic acids is 1. The van der Waals surface area contributed by atoms with Crippen molar-refractivity contribution in [3.63, 3.8) is 0 Å². The minimum atomic E-state index is -4.81. The lowest BCUT2D eigenvalue weighted by Crippen LogP contribution is -2.38. The Balaban J connectivity index is 1.98. The number of benzene rings is 1. The first kappa shape index (κ1) is 18.1. The van der Waals surface area contributed by atoms with Gasteiger partial charge in [-0.15, -0.1) is 13.2 Å². The molecule has 1 aliphatic rings. The summed E-state index contributed by atoms with van der Waals surface area (Å²) in [5, 5.41) is 11.3. The van der Waals surface area contributed by atoms with Crippen molar-refractivity contribution >= 4 is 11.9 Å². The van der Waals surface area contributed by atoms with Gasteiger partial charge in [0.1, 0.15) is 5.75 Å². The highest BCUT2D eigenvalue weighted by molar-refractivity contribution is 5.84. The van der Waals surface area contributed by atoms with E-state index in [0.29, 0.717) is 12.0 Å². The molecule has 0 heterocycles. The second kappa shape index (κ2) is 7.08. The normalized spacial score (nSPS) is 21.0. The van der Waals surface area contributed by atoms with Gasteiger partial charge >= 0.3 is 12.3 Å². The molecular formula is C15H16F3NO5. The van der Waals surface area contributed by atoms with Crippen LogP contribution in [0.1, 0.15) is 17.9 Å². The van der Waals surface area contributed by atoms with Crippen LogP contribution in [0.5, 0.6) is 5.75 Å². The predicted octanol–water partition coefficient (Wildman–Crippen LogP) is 1.90. The average Bonchev–Trinajstić information content (AvgIpc) is 3.26. The molecule has 0 radical (unpaired) electrons. The Bertz CT molecular complexity index is 619. The Morgan fingerprint density at radius 2 is 2.04 bits per heavy atom. The van der Waals surface area contributed by atoms with Crippen LogP contribution in [-0.2, 0) is 14.3 Å². The molecule has 1 aromatic carbocycles. The SMILES string of the molecule is COC(CNC(=O)C1CC1c1ccccc1OC(F)(F)F)C(=O)O. The third-order valence-corrected chi connectivity index (χ3v) is 3.69. The highest BCUT2D eigenvalue weighted by atomic mass is 19.4. The van der Waals surface area contributed by atoms with E-state index in [9.17, 15) is 22.8 Å². The van der Waals surface area contributed by atoms with Crippen LogP contribution in [0.15, 0.2) is 24.3 Å². The summed E-state index contributed by atoms with van der Waals surface area (Å²) in [6.07, 6.45) is -5.61. The summed E-state index contributed by atoms with van der Waals surface area (Å²) in [6, 6.07) is 5.66. The third kappa shape index (κ3) is 4.60. The molecule has 2 N–H and O–H groups in total. The van der Waals surface area contributed by atoms with Gasteiger partial charge < -0.3 is 19.9 Å². The van der Waals surface area contributed by atoms with Crippen LogP contribution in [0, 0.1) is 5.92 Å². The van der Waals surface area contributed by atoms with Crippen molar-refractivity contribution in [1.82, 2.24) is 5.32 Å². The van der Waals surface area contributed by atoms with E-state index in [-0.39, 0.29) is 12.3 Å². The van der Waals surface area contributed by atoms with Crippen LogP contribution < -0.4 is 10.1 Å². The maximum atomic E-state index is 12.4. The number of methoxy groups -OCH3 is 1. The first-order valence-electron chi connectivity index (χ1n) is 7.11. The fourth-order valence-corrected chi connectivity index (χ4v) is 2.43. The number of hydrogen-bond acceptors (Lipinski definition) is 4. The van der Waals surface area contributed by atoms with Gasteiger partial charge in [-0.2, -0.15) is 0 Å². The summed E-state index contributed by atoms with van der Waals surface area (Å²) in [6.45, 7) is -0.214. The lowest BCUT2D eigenvalue weighted by molar-refractivity contribution is -0.274. The molecule has 1 amide bonds. The van der Waals surface area contributed by atoms with Gasteiger partial charge in [0.2, 0.25) is 5.91 Å². The number of carboxylic acid groups (broad SMARTS) is 1. The minimum Gasteiger partial charge on any atom is -0.479 e. The molecule has 0 saturated heterocycles. The number of amides is 1. The van der Waals surface area contributed by atoms with E-state index in [4.69, 9.17) is 5.11 Å². The minimum absolute atomic E-state index is 0.214. The van der Waals surface area contributed by atoms with Crippen LogP contribution in [-0.4, -0.2) is 43.1 Å². The number of carboxylic acids is 1. The number of ether oxygens (including phenoxy) is 2. The van der Waals surface area contributed by atoms with E-state index in [0.717, 1.165) is 0 Å². The fourth-order valence-electron chi connectivity index (χ4n) is 2.43. The van der Waals surface area contributed by atoms with Crippen LogP contribution in [0.2, 0.25) is 0 Å². The van der Waals surface area contributed by atoms with Crippen molar-refractivity contribution in [1.29, 1.82) is 0 Å². The number of hydrogen-bond donors (Lipinski definition) is 2. The van der Waals surface area contributed by atoms with Crippen LogP contribution in [0.25, 0.3) is 0 Å². The van der Waals surface area contributed by atoms with E-state index in [1.165, 1.54) is 25.3 Å². The van der Waals surface area contributed by atoms with Crippen molar-refractivity contribution in [2.75, 3.05) is 13.7 Å². The molecule has 0 aliphatic heterocycles. The zero-order valence-electron chi connectivity index (χ0n) is 12.7. The Labute approximate surface area is 135 Å². The van der Waals surface area contributed by atoms with Crippen molar-refractivity contribution in [3.8, 4) is 5.75 Å². The summed E-state index contributed by atoms with van der Waals surface area (Å²) in [7, 11) is 1.20. The van der Waals surface area contributed by atoms with E-state index in [1.54, 1.807) is 6.07 Å². The van der Waals surface area contributed by atoms with Crippen LogP contribution >= 0.6 is 0 Å². The molecule has 3 atom stereocenters. The molecule has 6 nitrogen and oxygen atoms in total. The molecule has 2 rings (SSSR count). The van der Waals surface area contributed by atoms with Gasteiger partial charge in [0, 0.05) is 13.0 Å². The molecule has 0 bridgehead atoms. The molecule has 1 saturated carbocycles. The number of halogens is 3. The van der Waals surface area contributed by atoms with Gasteiger partial charge in [-0.1, -0.05) is 18.2 Å². The van der Waals surface area contributed by atoms with Gasteiger partial charge in [-0.05, 0) is 24.0 Å². The summed E-state index contributed by atoms with van der Waals surface area (Å²) in [4.78, 5) is 22.8. The molecular weight excluding hydrogens is 331 g/mol. The van der Waals surface area contributed by atoms with E-state index in [2.05, 4.69) is 14.8 Å². The third-order valence-electron chi connectivity index (χ3n) is 3.69. The van der Waals surface area contributed by atoms with E-state index < -0.39 is 36.2 Å². The lowest BCUT2D eigenvalue weighted by atomic mass is 10.1. The fraction of sp³-hybridized carbons (Fsp3) is 0.467. The van der Waals surface area contributed by atoms with Crippen molar-refractivity contribution < 1.29 is 37.3 Å². The Morgan fingerprint density at radius 3 is 2.62 bits per heavy atom. The quantitative estimate of drug-likeness (QED) is 0.787. The number of alkyl halides is 3. The number of carbonyl (C=O) groups is 2. The summed E-state index contributed by atoms with van der Waals surface area (Å²) in [5.74, 6) is -2.88. The number of carbonyl (C=O) groups excluding carboxylic acids is 1. The molecule has 0 aromatic heterocycles. The summed E-state index contributed by atoms with van der Waals surface area (Å²) >= 11 is 0. The molecule has 9 heteroatoms. The van der Waals surface area contributed by atoms with Crippen molar-refractivity contribution in [2.45, 2.75) is 24.8 Å². The molecule has 1 aliphatic carbocycles. The Morgan fingerprint density at radius 1 is 1.38 bits per heavy atom. The molecule has 1 fully saturated rings. The van der Waals surface area contributed by atoms with Gasteiger partial charge in [0.15, 0.2) is 6.10 Å². The first-order valence-corrected chi connectivity index (χ1v) is 7.11. The van der Waals surface area contributed by atoms with Gasteiger partial charge in [0.25, 0.3) is 0 Å². The zero-order chi connectivity index (χ0) is 17.9. The maximum absolute atomic E-state index is 12.4. The number of para-hydroxylation sites is 1. The number of rotatable bonds is 7. The van der Waals surface area contributed by atoms with E-state index >= 15 is 0 Å². The summed E-state index contributed by atoms with van der Waals surface area (Å²) < 4.78 is 45.9. The van der Waals surface area contributed by atoms with Crippen molar-refractivity contribution in [3.05, 3.63) is 29.8 Å². The molecule has 3 unspecified atom stereocenters. The van der Waals surface area contributed by atoms with Crippen LogP contribution in [0.3, 0.4) is 0 Å². The largest absolute Gasteiger partial charge is 0.573 e. The molecule has 24 heavy (non-hydrogen) atoms. The van der Waals surface area contributed by atoms with Gasteiger partial charge in [-0.25, -0.2) is 4.79 Å². The maximum Gasteiger partial charge on any atom is 0.573 e. The Kier molecular flexibility index (Phi) is 5.33. The van der Waals surface area contributed by atoms with Gasteiger partial charge in [-0.3, -0.25) is 4.79 Å². The molecule has 0 spiro atoms. The zero-order valence-corrected chi connectivity index (χ0v) is 12.7. The highest BCUT2D eigenvalue weighted by Crippen LogP contribution is 2.50. The Hall–Kier alpha value is -2.29. The second-order valence-electron chi connectivity index (χ2n) is 5.34. The van der Waals surface area contributed by atoms with Crippen molar-refractivity contribution in [2.24, 2.45) is 5.92 Å². The van der Waals surface area contributed by atoms with Crippen LogP contribution in [0.4, 0.5) is 13.2 Å². The van der Waals surface area contributed by atoms with E-state index in [1.807, 2.05) is 0 Å². The lowest BCUT2D eigenvalue weighted by Gasteiger charge is -2.13. The standard InChI is InChI=1S/C15H16F3NO5/c1-23-12(14(21)22)7-19-13(20)10-6-9(10)8-4-2-3-5-11(8)24-15(16,17)18/h2-5,9-10,12H,6-7H2,1H3,(H,19,20)(H,21,22). The smallest absolute Gasteiger partial charge is 0.479 e. The monoisotopic (exact) mass is 347 g/mol. The number of nitrogens with one attached hydrogen (secondary N) is 1. The van der Waals surface area contributed by atoms with Gasteiger partial charge in [0.05, 0.1) is 6.54 Å². The summed E-state index contributed by atoms with van der Waals surface area (Å²) in [5.41, 5.74) is 0.302. The molecule has 132 valence electrons. The average molecular weight is 347 g/mol. The predicted molar refractivity (Wildman–Crippen MR) is 75.4 cm³/mol. The first-order chi connectivity index (χ1) is 11.2. The second-order valence-corrected chi connectivity index (χ2v) is 5.34. The highest BCUT2D eigenvalue weighted by Gasteiger charge is 2.46. The molecule has 1 aromatic rings. The topological polar surface area (TPSA) is 84.9 Å².